The molecule has 0 radical (unpaired) electrons. The number of nitrogens with zero attached hydrogens (tertiary/aromatic N) is 1. The van der Waals surface area contributed by atoms with Crippen LogP contribution in [0, 0.1) is 5.92 Å². The van der Waals surface area contributed by atoms with E-state index in [4.69, 9.17) is 4.74 Å². The fourth-order valence-electron chi connectivity index (χ4n) is 4.94. The third kappa shape index (κ3) is 6.06. The molecule has 1 saturated carbocycles. The molecule has 1 aliphatic heterocycles. The van der Waals surface area contributed by atoms with E-state index in [2.05, 4.69) is 15.5 Å². The quantitative estimate of drug-likeness (QED) is 0.657. The fraction of sp³-hybridized carbons (Fsp3) is 0.481. The van der Waals surface area contributed by atoms with Crippen LogP contribution in [0.5, 0.6) is 5.75 Å². The summed E-state index contributed by atoms with van der Waals surface area (Å²) in [5.41, 5.74) is 2.37. The first-order chi connectivity index (χ1) is 16.1. The molecule has 6 heteroatoms. The van der Waals surface area contributed by atoms with Gasteiger partial charge in [0.25, 0.3) is 11.8 Å². The Morgan fingerprint density at radius 3 is 2.30 bits per heavy atom. The van der Waals surface area contributed by atoms with Gasteiger partial charge in [0.2, 0.25) is 0 Å². The molecule has 0 atom stereocenters. The Bertz CT molecular complexity index is 930. The van der Waals surface area contributed by atoms with Crippen molar-refractivity contribution in [2.24, 2.45) is 5.92 Å². The highest BCUT2D eigenvalue weighted by molar-refractivity contribution is 6.00. The van der Waals surface area contributed by atoms with Gasteiger partial charge in [-0.25, -0.2) is 0 Å². The highest BCUT2D eigenvalue weighted by atomic mass is 16.5. The van der Waals surface area contributed by atoms with Crippen molar-refractivity contribution in [2.75, 3.05) is 31.6 Å². The minimum Gasteiger partial charge on any atom is -0.497 e. The predicted molar refractivity (Wildman–Crippen MR) is 131 cm³/mol. The number of carbonyl (C=O) groups is 2. The summed E-state index contributed by atoms with van der Waals surface area (Å²) < 4.78 is 5.16. The number of piperidine rings is 1. The topological polar surface area (TPSA) is 70.7 Å². The van der Waals surface area contributed by atoms with Crippen LogP contribution in [-0.4, -0.2) is 44.6 Å². The van der Waals surface area contributed by atoms with Crippen molar-refractivity contribution in [3.8, 4) is 5.75 Å². The van der Waals surface area contributed by atoms with E-state index in [1.54, 1.807) is 31.4 Å². The van der Waals surface area contributed by atoms with Gasteiger partial charge in [0.05, 0.1) is 12.7 Å². The molecule has 0 aromatic heterocycles. The molecule has 33 heavy (non-hydrogen) atoms. The van der Waals surface area contributed by atoms with E-state index in [1.807, 2.05) is 24.3 Å². The molecule has 2 aromatic carbocycles. The number of nitrogens with one attached hydrogen (secondary N) is 2. The normalized spacial score (nSPS) is 17.4. The van der Waals surface area contributed by atoms with Crippen molar-refractivity contribution >= 4 is 17.5 Å². The van der Waals surface area contributed by atoms with E-state index in [9.17, 15) is 9.59 Å². The van der Waals surface area contributed by atoms with E-state index in [1.165, 1.54) is 32.1 Å². The number of anilines is 1. The van der Waals surface area contributed by atoms with E-state index in [-0.39, 0.29) is 17.9 Å². The molecule has 1 saturated heterocycles. The van der Waals surface area contributed by atoms with Gasteiger partial charge in [-0.3, -0.25) is 9.59 Å². The molecular formula is C27H35N3O3. The van der Waals surface area contributed by atoms with Crippen molar-refractivity contribution in [3.63, 3.8) is 0 Å². The van der Waals surface area contributed by atoms with Gasteiger partial charge in [0.15, 0.2) is 0 Å². The van der Waals surface area contributed by atoms with Gasteiger partial charge >= 0.3 is 0 Å². The number of ether oxygens (including phenoxy) is 1. The third-order valence-corrected chi connectivity index (χ3v) is 6.95. The second kappa shape index (κ2) is 11.2. The van der Waals surface area contributed by atoms with E-state index in [0.29, 0.717) is 11.5 Å². The molecule has 2 aromatic rings. The number of hydrogen-bond donors (Lipinski definition) is 2. The first-order valence-electron chi connectivity index (χ1n) is 12.2. The first kappa shape index (κ1) is 23.1. The second-order valence-corrected chi connectivity index (χ2v) is 9.19. The predicted octanol–water partition coefficient (Wildman–Crippen LogP) is 4.40. The number of methoxy groups -OCH3 is 1. The van der Waals surface area contributed by atoms with Crippen LogP contribution in [0.2, 0.25) is 0 Å². The maximum absolute atomic E-state index is 13.0. The number of hydrogen-bond acceptors (Lipinski definition) is 4. The highest BCUT2D eigenvalue weighted by Crippen LogP contribution is 2.26. The van der Waals surface area contributed by atoms with E-state index < -0.39 is 0 Å². The first-order valence-corrected chi connectivity index (χ1v) is 12.2. The Kier molecular flexibility index (Phi) is 7.87. The monoisotopic (exact) mass is 449 g/mol. The van der Waals surface area contributed by atoms with Crippen LogP contribution >= 0.6 is 0 Å². The summed E-state index contributed by atoms with van der Waals surface area (Å²) in [5.74, 6) is 1.31. The molecule has 1 heterocycles. The summed E-state index contributed by atoms with van der Waals surface area (Å²) in [7, 11) is 1.61. The van der Waals surface area contributed by atoms with Crippen molar-refractivity contribution in [2.45, 2.75) is 51.0 Å². The SMILES string of the molecule is COc1ccc(C(=O)NC2CCN(c3ccccc3C(=O)NCC3CCCCC3)CC2)cc1. The molecule has 0 unspecified atom stereocenters. The fourth-order valence-corrected chi connectivity index (χ4v) is 4.94. The lowest BCUT2D eigenvalue weighted by atomic mass is 9.89. The van der Waals surface area contributed by atoms with Gasteiger partial charge in [-0.1, -0.05) is 31.4 Å². The Morgan fingerprint density at radius 1 is 0.909 bits per heavy atom. The maximum atomic E-state index is 13.0. The lowest BCUT2D eigenvalue weighted by molar-refractivity contribution is 0.0928. The molecule has 176 valence electrons. The number of amides is 2. The van der Waals surface area contributed by atoms with Crippen LogP contribution in [0.3, 0.4) is 0 Å². The number of carbonyl (C=O) groups excluding carboxylic acids is 2. The summed E-state index contributed by atoms with van der Waals surface area (Å²) >= 11 is 0. The molecule has 0 bridgehead atoms. The Morgan fingerprint density at radius 2 is 1.61 bits per heavy atom. The molecule has 0 spiro atoms. The van der Waals surface area contributed by atoms with Crippen molar-refractivity contribution in [1.29, 1.82) is 0 Å². The molecule has 4 rings (SSSR count). The zero-order valence-electron chi connectivity index (χ0n) is 19.5. The highest BCUT2D eigenvalue weighted by Gasteiger charge is 2.24. The summed E-state index contributed by atoms with van der Waals surface area (Å²) in [5, 5.41) is 6.33. The zero-order valence-corrected chi connectivity index (χ0v) is 19.5. The Balaban J connectivity index is 1.31. The average molecular weight is 450 g/mol. The van der Waals surface area contributed by atoms with E-state index in [0.717, 1.165) is 49.5 Å². The largest absolute Gasteiger partial charge is 0.497 e. The van der Waals surface area contributed by atoms with Gasteiger partial charge in [0.1, 0.15) is 5.75 Å². The molecule has 1 aliphatic carbocycles. The van der Waals surface area contributed by atoms with E-state index >= 15 is 0 Å². The van der Waals surface area contributed by atoms with Crippen LogP contribution in [0.1, 0.15) is 65.7 Å². The summed E-state index contributed by atoms with van der Waals surface area (Å²) in [6.07, 6.45) is 8.02. The van der Waals surface area contributed by atoms with Crippen LogP contribution in [-0.2, 0) is 0 Å². The lowest BCUT2D eigenvalue weighted by Gasteiger charge is -2.35. The van der Waals surface area contributed by atoms with Crippen LogP contribution in [0.25, 0.3) is 0 Å². The summed E-state index contributed by atoms with van der Waals surface area (Å²) in [6.45, 7) is 2.38. The molecule has 2 amide bonds. The van der Waals surface area contributed by atoms with Gasteiger partial charge in [-0.15, -0.1) is 0 Å². The number of rotatable bonds is 7. The Hall–Kier alpha value is -3.02. The Labute approximate surface area is 196 Å². The van der Waals surface area contributed by atoms with Gasteiger partial charge in [-0.2, -0.15) is 0 Å². The molecule has 2 N–H and O–H groups in total. The van der Waals surface area contributed by atoms with Gasteiger partial charge < -0.3 is 20.3 Å². The minimum absolute atomic E-state index is 0.0195. The molecule has 6 nitrogen and oxygen atoms in total. The summed E-state index contributed by atoms with van der Waals surface area (Å²) in [6, 6.07) is 15.2. The standard InChI is InChI=1S/C27H35N3O3/c1-33-23-13-11-21(12-14-23)26(31)29-22-15-17-30(18-16-22)25-10-6-5-9-24(25)27(32)28-19-20-7-3-2-4-8-20/h5-6,9-14,20,22H,2-4,7-8,15-19H2,1H3,(H,28,32)(H,29,31). The average Bonchev–Trinajstić information content (AvgIpc) is 2.88. The molecule has 2 fully saturated rings. The smallest absolute Gasteiger partial charge is 0.253 e. The lowest BCUT2D eigenvalue weighted by Crippen LogP contribution is -2.45. The van der Waals surface area contributed by atoms with Crippen LogP contribution in [0.4, 0.5) is 5.69 Å². The second-order valence-electron chi connectivity index (χ2n) is 9.19. The van der Waals surface area contributed by atoms with Crippen LogP contribution in [0.15, 0.2) is 48.5 Å². The molecular weight excluding hydrogens is 414 g/mol. The maximum Gasteiger partial charge on any atom is 0.253 e. The van der Waals surface area contributed by atoms with Crippen molar-refractivity contribution in [3.05, 3.63) is 59.7 Å². The van der Waals surface area contributed by atoms with Gasteiger partial charge in [0, 0.05) is 36.9 Å². The number of para-hydroxylation sites is 1. The molecule has 2 aliphatic rings. The third-order valence-electron chi connectivity index (χ3n) is 6.95. The summed E-state index contributed by atoms with van der Waals surface area (Å²) in [4.78, 5) is 27.8. The van der Waals surface area contributed by atoms with Gasteiger partial charge in [-0.05, 0) is 68.0 Å². The van der Waals surface area contributed by atoms with Crippen molar-refractivity contribution < 1.29 is 14.3 Å². The minimum atomic E-state index is -0.0569. The number of benzene rings is 2. The zero-order chi connectivity index (χ0) is 23.0. The van der Waals surface area contributed by atoms with Crippen LogP contribution < -0.4 is 20.3 Å². The van der Waals surface area contributed by atoms with Crippen molar-refractivity contribution in [1.82, 2.24) is 10.6 Å².